The lowest BCUT2D eigenvalue weighted by molar-refractivity contribution is -0.128. The highest BCUT2D eigenvalue weighted by Gasteiger charge is 2.24. The van der Waals surface area contributed by atoms with E-state index in [1.165, 1.54) is 6.07 Å². The Kier molecular flexibility index (Phi) is 12.8. The molecule has 248 valence electrons. The van der Waals surface area contributed by atoms with E-state index in [1.54, 1.807) is 29.8 Å². The van der Waals surface area contributed by atoms with Crippen LogP contribution in [0.5, 0.6) is 5.75 Å². The average Bonchev–Trinajstić information content (AvgIpc) is 3.26. The SMILES string of the molecule is CC(F)F.Cn1c(Nc2c(Cl)ccc(CNC(=O)C(C)(C)C)c2Cl)nc2cc(C(=O)NC3CCCCC3)c(OCC(F)F)cc21. The van der Waals surface area contributed by atoms with Crippen LogP contribution in [-0.2, 0) is 18.4 Å². The molecule has 0 bridgehead atoms. The van der Waals surface area contributed by atoms with Crippen LogP contribution in [0.1, 0.15) is 75.7 Å². The number of alkyl halides is 4. The minimum absolute atomic E-state index is 0.0283. The van der Waals surface area contributed by atoms with Crippen molar-refractivity contribution in [3.05, 3.63) is 45.4 Å². The van der Waals surface area contributed by atoms with Gasteiger partial charge < -0.3 is 25.3 Å². The van der Waals surface area contributed by atoms with E-state index in [-0.39, 0.29) is 35.7 Å². The lowest BCUT2D eigenvalue weighted by Gasteiger charge is -2.23. The van der Waals surface area contributed by atoms with Gasteiger partial charge >= 0.3 is 0 Å². The van der Waals surface area contributed by atoms with Gasteiger partial charge in [-0.15, -0.1) is 0 Å². The Bertz CT molecular complexity index is 1490. The Morgan fingerprint density at radius 1 is 1.09 bits per heavy atom. The molecule has 0 spiro atoms. The molecule has 14 heteroatoms. The van der Waals surface area contributed by atoms with Crippen molar-refractivity contribution in [3.63, 3.8) is 0 Å². The second kappa shape index (κ2) is 15.8. The zero-order chi connectivity index (χ0) is 33.5. The number of hydrogen-bond acceptors (Lipinski definition) is 5. The van der Waals surface area contributed by atoms with E-state index in [4.69, 9.17) is 27.9 Å². The van der Waals surface area contributed by atoms with Crippen LogP contribution in [0.25, 0.3) is 11.0 Å². The largest absolute Gasteiger partial charge is 0.487 e. The number of nitrogens with one attached hydrogen (secondary N) is 3. The summed E-state index contributed by atoms with van der Waals surface area (Å²) in [6.45, 7) is 5.65. The van der Waals surface area contributed by atoms with Gasteiger partial charge in [-0.1, -0.05) is 69.3 Å². The number of hydrogen-bond donors (Lipinski definition) is 3. The number of carbonyl (C=O) groups excluding carboxylic acids is 2. The number of rotatable bonds is 9. The van der Waals surface area contributed by atoms with Crippen LogP contribution in [0, 0.1) is 5.41 Å². The van der Waals surface area contributed by atoms with E-state index in [0.29, 0.717) is 38.3 Å². The molecule has 1 heterocycles. The molecule has 3 aromatic rings. The molecule has 1 saturated carbocycles. The molecule has 1 aliphatic rings. The molecule has 0 unspecified atom stereocenters. The van der Waals surface area contributed by atoms with Crippen molar-refractivity contribution in [2.24, 2.45) is 12.5 Å². The molecule has 2 amide bonds. The standard InChI is InChI=1S/C29H35Cl2F2N5O3.C2H4F2/c1-29(2,3)27(40)34-14-16-10-11-19(30)25(24(16)31)37-28-36-20-12-18(26(39)35-17-8-6-5-7-9-17)22(41-15-23(32)33)13-21(20)38(28)4;1-2(3)4/h10-13,17,23H,5-9,14-15H2,1-4H3,(H,34,40)(H,35,39)(H,36,37);2H,1H3. The second-order valence-corrected chi connectivity index (χ2v) is 12.6. The Balaban J connectivity index is 0.00000130. The van der Waals surface area contributed by atoms with Gasteiger partial charge in [0.1, 0.15) is 12.4 Å². The number of fused-ring (bicyclic) bond motifs is 1. The van der Waals surface area contributed by atoms with E-state index >= 15 is 0 Å². The number of benzene rings is 2. The van der Waals surface area contributed by atoms with Crippen LogP contribution in [0.2, 0.25) is 10.0 Å². The number of amides is 2. The summed E-state index contributed by atoms with van der Waals surface area (Å²) >= 11 is 13.2. The average molecular weight is 677 g/mol. The lowest BCUT2D eigenvalue weighted by atomic mass is 9.95. The molecule has 45 heavy (non-hydrogen) atoms. The van der Waals surface area contributed by atoms with Gasteiger partial charge in [0.05, 0.1) is 32.3 Å². The van der Waals surface area contributed by atoms with E-state index < -0.39 is 24.9 Å². The van der Waals surface area contributed by atoms with Gasteiger partial charge in [0.25, 0.3) is 12.3 Å². The molecule has 3 N–H and O–H groups in total. The zero-order valence-electron chi connectivity index (χ0n) is 25.9. The predicted octanol–water partition coefficient (Wildman–Crippen LogP) is 8.26. The predicted molar refractivity (Wildman–Crippen MR) is 169 cm³/mol. The molecule has 4 rings (SSSR count). The van der Waals surface area contributed by atoms with Gasteiger partial charge in [-0.2, -0.15) is 0 Å². The van der Waals surface area contributed by atoms with Crippen molar-refractivity contribution in [3.8, 4) is 5.75 Å². The quantitative estimate of drug-likeness (QED) is 0.198. The fourth-order valence-electron chi connectivity index (χ4n) is 4.69. The maximum Gasteiger partial charge on any atom is 0.272 e. The Labute approximate surface area is 270 Å². The normalized spacial score (nSPS) is 13.9. The molecule has 0 atom stereocenters. The molecular formula is C31H39Cl2F4N5O3. The van der Waals surface area contributed by atoms with Gasteiger partial charge in [0.15, 0.2) is 0 Å². The summed E-state index contributed by atoms with van der Waals surface area (Å²) in [6.07, 6.45) is 0.0758. The molecule has 1 fully saturated rings. The first-order chi connectivity index (χ1) is 21.1. The number of imidazole rings is 1. The van der Waals surface area contributed by atoms with E-state index in [0.717, 1.165) is 39.0 Å². The monoisotopic (exact) mass is 675 g/mol. The summed E-state index contributed by atoms with van der Waals surface area (Å²) in [5.41, 5.74) is 1.62. The van der Waals surface area contributed by atoms with Gasteiger partial charge in [-0.05, 0) is 37.5 Å². The van der Waals surface area contributed by atoms with Crippen molar-refractivity contribution in [2.45, 2.75) is 85.2 Å². The summed E-state index contributed by atoms with van der Waals surface area (Å²) < 4.78 is 53.8. The van der Waals surface area contributed by atoms with Crippen LogP contribution in [0.4, 0.5) is 29.2 Å². The third-order valence-electron chi connectivity index (χ3n) is 7.06. The van der Waals surface area contributed by atoms with Crippen molar-refractivity contribution >= 4 is 57.7 Å². The van der Waals surface area contributed by atoms with Gasteiger partial charge in [0, 0.05) is 31.1 Å². The summed E-state index contributed by atoms with van der Waals surface area (Å²) in [4.78, 5) is 30.2. The van der Waals surface area contributed by atoms with Gasteiger partial charge in [-0.25, -0.2) is 22.5 Å². The first kappa shape index (κ1) is 36.2. The molecule has 1 aromatic heterocycles. The first-order valence-corrected chi connectivity index (χ1v) is 15.4. The van der Waals surface area contributed by atoms with Crippen LogP contribution >= 0.6 is 23.2 Å². The molecule has 1 aliphatic carbocycles. The molecule has 8 nitrogen and oxygen atoms in total. The summed E-state index contributed by atoms with van der Waals surface area (Å²) in [5.74, 6) is -0.112. The highest BCUT2D eigenvalue weighted by atomic mass is 35.5. The minimum Gasteiger partial charge on any atom is -0.487 e. The molecule has 0 saturated heterocycles. The first-order valence-electron chi connectivity index (χ1n) is 14.6. The van der Waals surface area contributed by atoms with Crippen LogP contribution < -0.4 is 20.7 Å². The molecule has 0 aliphatic heterocycles. The van der Waals surface area contributed by atoms with E-state index in [9.17, 15) is 27.2 Å². The van der Waals surface area contributed by atoms with E-state index in [2.05, 4.69) is 20.9 Å². The number of aryl methyl sites for hydroxylation is 1. The highest BCUT2D eigenvalue weighted by Crippen LogP contribution is 2.37. The van der Waals surface area contributed by atoms with Crippen LogP contribution in [-0.4, -0.2) is 46.9 Å². The van der Waals surface area contributed by atoms with Gasteiger partial charge in [0.2, 0.25) is 18.3 Å². The van der Waals surface area contributed by atoms with Crippen molar-refractivity contribution in [2.75, 3.05) is 11.9 Å². The minimum atomic E-state index is -2.70. The maximum atomic E-state index is 13.2. The number of anilines is 2. The van der Waals surface area contributed by atoms with Crippen molar-refractivity contribution in [1.29, 1.82) is 0 Å². The molecule has 0 radical (unpaired) electrons. The fraction of sp³-hybridized carbons (Fsp3) is 0.516. The summed E-state index contributed by atoms with van der Waals surface area (Å²) in [6, 6.07) is 6.51. The third-order valence-corrected chi connectivity index (χ3v) is 7.81. The van der Waals surface area contributed by atoms with Gasteiger partial charge in [-0.3, -0.25) is 9.59 Å². The fourth-order valence-corrected chi connectivity index (χ4v) is 5.22. The number of ether oxygens (including phenoxy) is 1. The summed E-state index contributed by atoms with van der Waals surface area (Å²) in [7, 11) is 1.73. The highest BCUT2D eigenvalue weighted by molar-refractivity contribution is 6.39. The van der Waals surface area contributed by atoms with E-state index in [1.807, 2.05) is 20.8 Å². The van der Waals surface area contributed by atoms with Crippen LogP contribution in [0.15, 0.2) is 24.3 Å². The lowest BCUT2D eigenvalue weighted by Crippen LogP contribution is -2.36. The number of aromatic nitrogens is 2. The maximum absolute atomic E-state index is 13.2. The molecular weight excluding hydrogens is 637 g/mol. The third kappa shape index (κ3) is 10.1. The smallest absolute Gasteiger partial charge is 0.272 e. The molecule has 2 aromatic carbocycles. The zero-order valence-corrected chi connectivity index (χ0v) is 27.4. The van der Waals surface area contributed by atoms with Crippen molar-refractivity contribution in [1.82, 2.24) is 20.2 Å². The Morgan fingerprint density at radius 2 is 1.73 bits per heavy atom. The van der Waals surface area contributed by atoms with Crippen molar-refractivity contribution < 1.29 is 31.9 Å². The summed E-state index contributed by atoms with van der Waals surface area (Å²) in [5, 5.41) is 9.69. The number of nitrogens with zero attached hydrogens (tertiary/aromatic N) is 2. The Morgan fingerprint density at radius 3 is 2.33 bits per heavy atom. The topological polar surface area (TPSA) is 97.3 Å². The Hall–Kier alpha value is -3.25. The second-order valence-electron chi connectivity index (χ2n) is 11.8. The van der Waals surface area contributed by atoms with Crippen LogP contribution in [0.3, 0.4) is 0 Å². The number of carbonyl (C=O) groups is 2. The number of halogens is 6.